The van der Waals surface area contributed by atoms with Gasteiger partial charge in [-0.25, -0.2) is 9.13 Å². The van der Waals surface area contributed by atoms with E-state index in [0.717, 1.165) is 205 Å². The standard InChI is InChI=1S/C117H196O16P2/c1-4-7-10-13-16-19-22-25-28-31-34-37-40-43-46-49-52-55-58-61-64-67-70-73-76-79-82-85-88-91-94-97-100-103-115(120)127-106-112(118)107-129-134(123,124)130-108-113(119)109-131-135(125,126)132-111-114(133-117(122)105-102-99-96-93-90-87-84-81-78-75-72-69-66-63-60-57-54-51-48-45-42-39-36-33-30-27-24-21-18-15-12-9-6-3)110-128-116(121)104-101-98-95-92-89-86-83-80-77-74-71-68-65-62-59-56-53-50-47-44-41-38-35-32-29-26-23-20-17-14-11-8-5-2/h7-12,16-21,25-30,34-39,43-48,52-57,112-114,118-119H,4-6,13-15,22-24,31-33,40-42,49-51,58-111H2,1-3H3,(H,123,124)(H,125,126)/b10-7-,11-8-,12-9-,19-16-,20-17-,21-18-,28-25-,29-26-,30-27-,37-34-,38-35-,39-36-,46-43-,47-44-,48-45-,55-52-,56-53-,57-54-. The van der Waals surface area contributed by atoms with Gasteiger partial charge in [0.15, 0.2) is 6.10 Å². The maximum Gasteiger partial charge on any atom is 0.472 e. The molecule has 0 spiro atoms. The van der Waals surface area contributed by atoms with Gasteiger partial charge in [-0.2, -0.15) is 0 Å². The van der Waals surface area contributed by atoms with E-state index < -0.39 is 91.5 Å². The van der Waals surface area contributed by atoms with E-state index in [9.17, 15) is 43.5 Å². The minimum absolute atomic E-state index is 0.0984. The first kappa shape index (κ1) is 129. The second kappa shape index (κ2) is 107. The molecule has 135 heavy (non-hydrogen) atoms. The van der Waals surface area contributed by atoms with Gasteiger partial charge in [0.1, 0.15) is 25.4 Å². The zero-order chi connectivity index (χ0) is 97.8. The van der Waals surface area contributed by atoms with Crippen molar-refractivity contribution < 1.29 is 75.8 Å². The van der Waals surface area contributed by atoms with Crippen LogP contribution in [0.3, 0.4) is 0 Å². The van der Waals surface area contributed by atoms with Crippen molar-refractivity contribution in [2.45, 2.75) is 463 Å². The van der Waals surface area contributed by atoms with Crippen LogP contribution >= 0.6 is 15.6 Å². The van der Waals surface area contributed by atoms with Crippen LogP contribution in [0.15, 0.2) is 219 Å². The van der Waals surface area contributed by atoms with Gasteiger partial charge in [0, 0.05) is 19.3 Å². The molecule has 16 nitrogen and oxygen atoms in total. The predicted octanol–water partition coefficient (Wildman–Crippen LogP) is 34.8. The molecule has 0 saturated carbocycles. The first-order valence-corrected chi connectivity index (χ1v) is 57.0. The Balaban J connectivity index is 4.65. The molecule has 0 bridgehead atoms. The third-order valence-electron chi connectivity index (χ3n) is 22.7. The quantitative estimate of drug-likeness (QED) is 0.0146. The fraction of sp³-hybridized carbons (Fsp3) is 0.667. The SMILES string of the molecule is CC/C=C\C/C=C\C/C=C\C/C=C\C/C=C\C/C=C\CCCCCCCCCCCCCCCCC(=O)OCC(O)COP(=O)(O)OCC(O)COP(=O)(O)OCC(COC(=O)CCCCCCCCCCCCCCCC/C=C\C/C=C\C/C=C\C/C=C\C/C=C\C/C=C\CC)OC(=O)CCCCCCCCCCCCCCCC/C=C\C/C=C\C/C=C\C/C=C\C/C=C\C/C=C\CC. The number of phosphoric ester groups is 2. The number of aliphatic hydroxyl groups is 2. The van der Waals surface area contributed by atoms with Crippen molar-refractivity contribution in [3.05, 3.63) is 219 Å². The Labute approximate surface area is 825 Å². The Bertz CT molecular complexity index is 3340. The van der Waals surface area contributed by atoms with Crippen LogP contribution in [0.1, 0.15) is 445 Å². The van der Waals surface area contributed by atoms with Crippen LogP contribution in [0.5, 0.6) is 0 Å². The summed E-state index contributed by atoms with van der Waals surface area (Å²) in [5.74, 6) is -1.56. The van der Waals surface area contributed by atoms with E-state index in [4.69, 9.17) is 32.3 Å². The van der Waals surface area contributed by atoms with Crippen LogP contribution in [-0.4, -0.2) is 95.9 Å². The number of rotatable bonds is 101. The summed E-state index contributed by atoms with van der Waals surface area (Å²) < 4.78 is 61.8. The molecule has 0 amide bonds. The summed E-state index contributed by atoms with van der Waals surface area (Å²) in [5, 5.41) is 20.8. The topological polar surface area (TPSA) is 231 Å². The largest absolute Gasteiger partial charge is 0.472 e. The van der Waals surface area contributed by atoms with Crippen LogP contribution in [0.2, 0.25) is 0 Å². The molecule has 4 N–H and O–H groups in total. The number of carbonyl (C=O) groups excluding carboxylic acids is 3. The van der Waals surface area contributed by atoms with Gasteiger partial charge in [-0.1, -0.05) is 471 Å². The average molecular weight is 1920 g/mol. The molecule has 0 fully saturated rings. The lowest BCUT2D eigenvalue weighted by molar-refractivity contribution is -0.161. The number of esters is 3. The highest BCUT2D eigenvalue weighted by molar-refractivity contribution is 7.47. The van der Waals surface area contributed by atoms with E-state index in [1.54, 1.807) is 0 Å². The van der Waals surface area contributed by atoms with E-state index in [1.165, 1.54) is 180 Å². The number of allylic oxidation sites excluding steroid dienone is 36. The summed E-state index contributed by atoms with van der Waals surface area (Å²) in [4.78, 5) is 59.3. The third-order valence-corrected chi connectivity index (χ3v) is 24.6. The summed E-state index contributed by atoms with van der Waals surface area (Å²) in [5.41, 5.74) is 0. The first-order chi connectivity index (χ1) is 66.2. The second-order valence-electron chi connectivity index (χ2n) is 35.6. The number of hydrogen-bond donors (Lipinski definition) is 4. The van der Waals surface area contributed by atoms with Crippen LogP contribution in [0.4, 0.5) is 0 Å². The summed E-state index contributed by atoms with van der Waals surface area (Å²) in [6.07, 6.45) is 147. The van der Waals surface area contributed by atoms with Gasteiger partial charge in [0.05, 0.1) is 26.4 Å². The molecule has 0 aromatic rings. The number of hydrogen-bond acceptors (Lipinski definition) is 14. The molecule has 18 heteroatoms. The normalized spacial score (nSPS) is 14.5. The van der Waals surface area contributed by atoms with Crippen molar-refractivity contribution in [2.75, 3.05) is 39.6 Å². The lowest BCUT2D eigenvalue weighted by Crippen LogP contribution is -2.30. The van der Waals surface area contributed by atoms with Gasteiger partial charge < -0.3 is 34.2 Å². The van der Waals surface area contributed by atoms with Gasteiger partial charge in [-0.05, 0) is 173 Å². The van der Waals surface area contributed by atoms with Gasteiger partial charge >= 0.3 is 33.6 Å². The van der Waals surface area contributed by atoms with Crippen molar-refractivity contribution in [1.29, 1.82) is 0 Å². The van der Waals surface area contributed by atoms with Crippen molar-refractivity contribution in [2.24, 2.45) is 0 Å². The van der Waals surface area contributed by atoms with Crippen LogP contribution < -0.4 is 0 Å². The Morgan fingerprint density at radius 3 is 0.585 bits per heavy atom. The van der Waals surface area contributed by atoms with E-state index in [0.29, 0.717) is 19.3 Å². The minimum Gasteiger partial charge on any atom is -0.463 e. The van der Waals surface area contributed by atoms with E-state index in [1.807, 2.05) is 0 Å². The lowest BCUT2D eigenvalue weighted by atomic mass is 10.0. The zero-order valence-electron chi connectivity index (χ0n) is 85.5. The van der Waals surface area contributed by atoms with Gasteiger partial charge in [-0.15, -0.1) is 0 Å². The fourth-order valence-electron chi connectivity index (χ4n) is 14.6. The van der Waals surface area contributed by atoms with Crippen molar-refractivity contribution in [3.8, 4) is 0 Å². The lowest BCUT2D eigenvalue weighted by Gasteiger charge is -2.21. The molecule has 0 radical (unpaired) electrons. The van der Waals surface area contributed by atoms with E-state index in [2.05, 4.69) is 240 Å². The summed E-state index contributed by atoms with van der Waals surface area (Å²) in [6, 6.07) is 0. The molecule has 0 heterocycles. The van der Waals surface area contributed by atoms with Crippen molar-refractivity contribution in [3.63, 3.8) is 0 Å². The number of phosphoric acid groups is 2. The Morgan fingerprint density at radius 2 is 0.370 bits per heavy atom. The highest BCUT2D eigenvalue weighted by atomic mass is 31.2. The Morgan fingerprint density at radius 1 is 0.207 bits per heavy atom. The Hall–Kier alpha value is -6.13. The number of ether oxygens (including phenoxy) is 3. The molecule has 0 rings (SSSR count). The van der Waals surface area contributed by atoms with Gasteiger partial charge in [0.2, 0.25) is 0 Å². The van der Waals surface area contributed by atoms with E-state index in [-0.39, 0.29) is 19.3 Å². The molecule has 5 unspecified atom stereocenters. The van der Waals surface area contributed by atoms with Crippen molar-refractivity contribution >= 4 is 33.6 Å². The van der Waals surface area contributed by atoms with Gasteiger partial charge in [-0.3, -0.25) is 32.5 Å². The fourth-order valence-corrected chi connectivity index (χ4v) is 16.2. The monoisotopic (exact) mass is 1920 g/mol. The number of carbonyl (C=O) groups is 3. The molecule has 0 aromatic carbocycles. The molecule has 0 aliphatic rings. The molecule has 0 aliphatic heterocycles. The maximum atomic E-state index is 13.2. The zero-order valence-corrected chi connectivity index (χ0v) is 87.3. The predicted molar refractivity (Wildman–Crippen MR) is 574 cm³/mol. The van der Waals surface area contributed by atoms with Crippen LogP contribution in [-0.2, 0) is 55.8 Å². The number of aliphatic hydroxyl groups excluding tert-OH is 2. The number of unbranched alkanes of at least 4 members (excludes halogenated alkanes) is 42. The maximum absolute atomic E-state index is 13.2. The third kappa shape index (κ3) is 108. The molecule has 0 aromatic heterocycles. The average Bonchev–Trinajstić information content (AvgIpc) is 0.891. The molecular weight excluding hydrogens is 1720 g/mol. The highest BCUT2D eigenvalue weighted by Gasteiger charge is 2.30. The summed E-state index contributed by atoms with van der Waals surface area (Å²) in [6.45, 7) is 2.41. The summed E-state index contributed by atoms with van der Waals surface area (Å²) >= 11 is 0. The Kier molecular flexibility index (Phi) is 102. The van der Waals surface area contributed by atoms with Gasteiger partial charge in [0.25, 0.3) is 0 Å². The molecule has 0 saturated heterocycles. The smallest absolute Gasteiger partial charge is 0.463 e. The van der Waals surface area contributed by atoms with Crippen LogP contribution in [0, 0.1) is 0 Å². The second-order valence-corrected chi connectivity index (χ2v) is 38.5. The summed E-state index contributed by atoms with van der Waals surface area (Å²) in [7, 11) is -9.83. The molecular formula is C117H196O16P2. The van der Waals surface area contributed by atoms with Crippen LogP contribution in [0.25, 0.3) is 0 Å². The first-order valence-electron chi connectivity index (χ1n) is 54.0. The highest BCUT2D eigenvalue weighted by Crippen LogP contribution is 2.45. The minimum atomic E-state index is -4.95. The van der Waals surface area contributed by atoms with Crippen molar-refractivity contribution in [1.82, 2.24) is 0 Å². The molecule has 0 aliphatic carbocycles. The van der Waals surface area contributed by atoms with E-state index >= 15 is 0 Å². The molecule has 5 atom stereocenters. The molecule has 770 valence electrons.